The van der Waals surface area contributed by atoms with Crippen molar-refractivity contribution in [1.29, 1.82) is 0 Å². The highest BCUT2D eigenvalue weighted by atomic mass is 19.4. The van der Waals surface area contributed by atoms with Crippen molar-refractivity contribution in [3.63, 3.8) is 0 Å². The largest absolute Gasteiger partial charge is 0.492 e. The van der Waals surface area contributed by atoms with Crippen LogP contribution in [0.3, 0.4) is 0 Å². The molecule has 148 valence electrons. The number of ether oxygens (including phenoxy) is 1. The van der Waals surface area contributed by atoms with Gasteiger partial charge in [-0.2, -0.15) is 26.3 Å². The lowest BCUT2D eigenvalue weighted by atomic mass is 9.99. The van der Waals surface area contributed by atoms with Gasteiger partial charge in [-0.1, -0.05) is 20.3 Å². The molecule has 0 radical (unpaired) electrons. The normalized spacial score (nSPS) is 14.7. The zero-order chi connectivity index (χ0) is 20.1. The molecule has 3 N–H and O–H groups in total. The third-order valence-electron chi connectivity index (χ3n) is 3.79. The second kappa shape index (κ2) is 8.61. The SMILES string of the molecule is CCC(C)C(N)C(=O)NCCOc1cc(C(F)(F)F)cc(C(F)(F)F)c1. The van der Waals surface area contributed by atoms with Crippen molar-refractivity contribution in [2.24, 2.45) is 11.7 Å². The molecule has 2 unspecified atom stereocenters. The molecule has 0 aromatic heterocycles. The fraction of sp³-hybridized carbons (Fsp3) is 0.562. The smallest absolute Gasteiger partial charge is 0.416 e. The lowest BCUT2D eigenvalue weighted by Crippen LogP contribution is -2.45. The number of benzene rings is 1. The Hall–Kier alpha value is -1.97. The first kappa shape index (κ1) is 22.1. The lowest BCUT2D eigenvalue weighted by Gasteiger charge is -2.18. The van der Waals surface area contributed by atoms with Gasteiger partial charge in [-0.05, 0) is 24.1 Å². The van der Waals surface area contributed by atoms with Gasteiger partial charge in [0, 0.05) is 0 Å². The summed E-state index contributed by atoms with van der Waals surface area (Å²) in [6.45, 7) is 3.22. The van der Waals surface area contributed by atoms with Crippen LogP contribution in [-0.2, 0) is 17.1 Å². The molecule has 0 aliphatic heterocycles. The van der Waals surface area contributed by atoms with E-state index < -0.39 is 41.2 Å². The number of alkyl halides is 6. The molecule has 1 aromatic rings. The summed E-state index contributed by atoms with van der Waals surface area (Å²) in [7, 11) is 0. The molecule has 10 heteroatoms. The number of amides is 1. The summed E-state index contributed by atoms with van der Waals surface area (Å²) in [6, 6.07) is 0.203. The van der Waals surface area contributed by atoms with Crippen LogP contribution in [0.25, 0.3) is 0 Å². The predicted octanol–water partition coefficient (Wildman–Crippen LogP) is 3.59. The number of carbonyl (C=O) groups excluding carboxylic acids is 1. The summed E-state index contributed by atoms with van der Waals surface area (Å²) in [5.41, 5.74) is 2.76. The minimum absolute atomic E-state index is 0.0137. The highest BCUT2D eigenvalue weighted by Gasteiger charge is 2.37. The average molecular weight is 386 g/mol. The Morgan fingerprint density at radius 1 is 1.12 bits per heavy atom. The molecule has 1 aromatic carbocycles. The Labute approximate surface area is 146 Å². The number of hydrogen-bond donors (Lipinski definition) is 2. The molecule has 1 amide bonds. The number of carbonyl (C=O) groups is 1. The van der Waals surface area contributed by atoms with Crippen molar-refractivity contribution in [2.75, 3.05) is 13.2 Å². The molecule has 0 spiro atoms. The molecule has 26 heavy (non-hydrogen) atoms. The zero-order valence-electron chi connectivity index (χ0n) is 14.2. The summed E-state index contributed by atoms with van der Waals surface area (Å²) in [4.78, 5) is 11.7. The van der Waals surface area contributed by atoms with Crippen LogP contribution in [-0.4, -0.2) is 25.1 Å². The van der Waals surface area contributed by atoms with Crippen LogP contribution in [0.1, 0.15) is 31.4 Å². The van der Waals surface area contributed by atoms with E-state index in [4.69, 9.17) is 10.5 Å². The van der Waals surface area contributed by atoms with Crippen molar-refractivity contribution in [1.82, 2.24) is 5.32 Å². The zero-order valence-corrected chi connectivity index (χ0v) is 14.2. The highest BCUT2D eigenvalue weighted by Crippen LogP contribution is 2.38. The first-order valence-electron chi connectivity index (χ1n) is 7.81. The second-order valence-corrected chi connectivity index (χ2v) is 5.79. The van der Waals surface area contributed by atoms with Crippen molar-refractivity contribution >= 4 is 5.91 Å². The Morgan fingerprint density at radius 2 is 1.62 bits per heavy atom. The molecule has 0 aliphatic rings. The molecular weight excluding hydrogens is 366 g/mol. The molecular formula is C16H20F6N2O2. The first-order chi connectivity index (χ1) is 11.9. The maximum absolute atomic E-state index is 12.7. The average Bonchev–Trinajstić information content (AvgIpc) is 2.55. The van der Waals surface area contributed by atoms with E-state index in [1.165, 1.54) is 0 Å². The van der Waals surface area contributed by atoms with Crippen molar-refractivity contribution in [2.45, 2.75) is 38.7 Å². The minimum atomic E-state index is -4.95. The molecule has 0 fully saturated rings. The van der Waals surface area contributed by atoms with Gasteiger partial charge in [0.2, 0.25) is 5.91 Å². The van der Waals surface area contributed by atoms with Crippen LogP contribution in [0.2, 0.25) is 0 Å². The standard InChI is InChI=1S/C16H20F6N2O2/c1-3-9(2)13(23)14(25)24-4-5-26-12-7-10(15(17,18)19)6-11(8-12)16(20,21)22/h6-9,13H,3-5,23H2,1-2H3,(H,24,25). The fourth-order valence-electron chi connectivity index (χ4n) is 1.98. The summed E-state index contributed by atoms with van der Waals surface area (Å²) in [5.74, 6) is -1.13. The number of hydrogen-bond acceptors (Lipinski definition) is 3. The van der Waals surface area contributed by atoms with E-state index in [9.17, 15) is 31.1 Å². The van der Waals surface area contributed by atoms with Gasteiger partial charge in [0.15, 0.2) is 0 Å². The summed E-state index contributed by atoms with van der Waals surface area (Å²) >= 11 is 0. The van der Waals surface area contributed by atoms with E-state index in [1.54, 1.807) is 6.92 Å². The topological polar surface area (TPSA) is 64.4 Å². The Kier molecular flexibility index (Phi) is 7.31. The van der Waals surface area contributed by atoms with E-state index in [1.807, 2.05) is 6.92 Å². The van der Waals surface area contributed by atoms with Crippen LogP contribution < -0.4 is 15.8 Å². The van der Waals surface area contributed by atoms with E-state index in [-0.39, 0.29) is 25.1 Å². The summed E-state index contributed by atoms with van der Waals surface area (Å²) in [5, 5.41) is 2.42. The van der Waals surface area contributed by atoms with Crippen molar-refractivity contribution < 1.29 is 35.9 Å². The van der Waals surface area contributed by atoms with Crippen molar-refractivity contribution in [3.05, 3.63) is 29.3 Å². The van der Waals surface area contributed by atoms with Crippen LogP contribution in [0.4, 0.5) is 26.3 Å². The summed E-state index contributed by atoms with van der Waals surface area (Å²) < 4.78 is 81.3. The van der Waals surface area contributed by atoms with E-state index in [0.29, 0.717) is 18.6 Å². The monoisotopic (exact) mass is 386 g/mol. The van der Waals surface area contributed by atoms with Gasteiger partial charge in [-0.25, -0.2) is 0 Å². The van der Waals surface area contributed by atoms with Gasteiger partial charge in [-0.3, -0.25) is 4.79 Å². The number of nitrogens with one attached hydrogen (secondary N) is 1. The van der Waals surface area contributed by atoms with Crippen LogP contribution in [0.15, 0.2) is 18.2 Å². The second-order valence-electron chi connectivity index (χ2n) is 5.79. The van der Waals surface area contributed by atoms with Crippen LogP contribution >= 0.6 is 0 Å². The van der Waals surface area contributed by atoms with E-state index in [2.05, 4.69) is 5.32 Å². The first-order valence-corrected chi connectivity index (χ1v) is 7.81. The number of rotatable bonds is 7. The van der Waals surface area contributed by atoms with E-state index >= 15 is 0 Å². The number of halogens is 6. The Balaban J connectivity index is 2.74. The van der Waals surface area contributed by atoms with Gasteiger partial charge < -0.3 is 15.8 Å². The predicted molar refractivity (Wildman–Crippen MR) is 82.4 cm³/mol. The maximum atomic E-state index is 12.7. The molecule has 0 saturated carbocycles. The lowest BCUT2D eigenvalue weighted by molar-refractivity contribution is -0.143. The minimum Gasteiger partial charge on any atom is -0.492 e. The highest BCUT2D eigenvalue weighted by molar-refractivity contribution is 5.81. The molecule has 0 bridgehead atoms. The van der Waals surface area contributed by atoms with E-state index in [0.717, 1.165) is 0 Å². The molecule has 0 heterocycles. The fourth-order valence-corrected chi connectivity index (χ4v) is 1.98. The quantitative estimate of drug-likeness (QED) is 0.556. The van der Waals surface area contributed by atoms with Gasteiger partial charge >= 0.3 is 12.4 Å². The van der Waals surface area contributed by atoms with Gasteiger partial charge in [0.25, 0.3) is 0 Å². The third kappa shape index (κ3) is 6.40. The summed E-state index contributed by atoms with van der Waals surface area (Å²) in [6.07, 6.45) is -9.22. The Morgan fingerprint density at radius 3 is 2.04 bits per heavy atom. The van der Waals surface area contributed by atoms with Crippen LogP contribution in [0.5, 0.6) is 5.75 Å². The van der Waals surface area contributed by atoms with Gasteiger partial charge in [-0.15, -0.1) is 0 Å². The molecule has 0 saturated heterocycles. The van der Waals surface area contributed by atoms with Crippen molar-refractivity contribution in [3.8, 4) is 5.75 Å². The molecule has 2 atom stereocenters. The van der Waals surface area contributed by atoms with Gasteiger partial charge in [0.1, 0.15) is 12.4 Å². The number of nitrogens with two attached hydrogens (primary N) is 1. The molecule has 4 nitrogen and oxygen atoms in total. The maximum Gasteiger partial charge on any atom is 0.416 e. The molecule has 0 aliphatic carbocycles. The third-order valence-corrected chi connectivity index (χ3v) is 3.79. The van der Waals surface area contributed by atoms with Gasteiger partial charge in [0.05, 0.1) is 23.7 Å². The Bertz CT molecular complexity index is 583. The molecule has 1 rings (SSSR count). The van der Waals surface area contributed by atoms with Crippen LogP contribution in [0, 0.1) is 5.92 Å².